The van der Waals surface area contributed by atoms with Crippen molar-refractivity contribution in [2.75, 3.05) is 6.61 Å². The Labute approximate surface area is 170 Å². The molecule has 2 aromatic carbocycles. The number of rotatable bonds is 7. The fourth-order valence-electron chi connectivity index (χ4n) is 3.41. The topological polar surface area (TPSA) is 81.7 Å². The monoisotopic (exact) mass is 395 g/mol. The standard InChI is InChI=1S/C23H25NO5/c1-3-7-15(2)24-21(25)14-28-22(26)17-10-11-19-18(12-17)13-20(29-23(19)27)16-8-5-4-6-9-16/h4-6,8-12,15,20H,3,7,13-14H2,1-2H3,(H,24,25)/t15-,20-/m0/s1. The van der Waals surface area contributed by atoms with Gasteiger partial charge in [-0.3, -0.25) is 4.79 Å². The molecule has 0 fully saturated rings. The van der Waals surface area contributed by atoms with E-state index in [4.69, 9.17) is 9.47 Å². The van der Waals surface area contributed by atoms with Crippen LogP contribution in [0.3, 0.4) is 0 Å². The summed E-state index contributed by atoms with van der Waals surface area (Å²) in [5, 5.41) is 2.79. The smallest absolute Gasteiger partial charge is 0.339 e. The average molecular weight is 395 g/mol. The van der Waals surface area contributed by atoms with Gasteiger partial charge >= 0.3 is 11.9 Å². The van der Waals surface area contributed by atoms with Crippen molar-refractivity contribution in [3.63, 3.8) is 0 Å². The maximum absolute atomic E-state index is 12.4. The highest BCUT2D eigenvalue weighted by Gasteiger charge is 2.28. The van der Waals surface area contributed by atoms with Gasteiger partial charge < -0.3 is 14.8 Å². The molecule has 1 N–H and O–H groups in total. The molecule has 152 valence electrons. The minimum atomic E-state index is -0.596. The van der Waals surface area contributed by atoms with Crippen LogP contribution in [0.5, 0.6) is 0 Å². The SMILES string of the molecule is CCC[C@H](C)NC(=O)COC(=O)c1ccc2c(c1)C[C@@H](c1ccccc1)OC2=O. The lowest BCUT2D eigenvalue weighted by Crippen LogP contribution is -2.35. The van der Waals surface area contributed by atoms with E-state index in [0.29, 0.717) is 17.5 Å². The first-order chi connectivity index (χ1) is 14.0. The van der Waals surface area contributed by atoms with E-state index in [2.05, 4.69) is 5.32 Å². The molecule has 1 aliphatic rings. The predicted molar refractivity (Wildman–Crippen MR) is 108 cm³/mol. The van der Waals surface area contributed by atoms with E-state index in [9.17, 15) is 14.4 Å². The molecule has 6 nitrogen and oxygen atoms in total. The van der Waals surface area contributed by atoms with Gasteiger partial charge in [-0.2, -0.15) is 0 Å². The molecule has 3 rings (SSSR count). The van der Waals surface area contributed by atoms with Crippen LogP contribution in [0.1, 0.15) is 64.6 Å². The normalized spacial score (nSPS) is 16.3. The molecule has 2 aromatic rings. The van der Waals surface area contributed by atoms with E-state index in [1.165, 1.54) is 6.07 Å². The van der Waals surface area contributed by atoms with Crippen LogP contribution < -0.4 is 5.32 Å². The van der Waals surface area contributed by atoms with Crippen LogP contribution in [0.4, 0.5) is 0 Å². The molecule has 0 bridgehead atoms. The molecule has 1 aliphatic heterocycles. The van der Waals surface area contributed by atoms with Gasteiger partial charge in [0.25, 0.3) is 5.91 Å². The summed E-state index contributed by atoms with van der Waals surface area (Å²) in [5.74, 6) is -1.34. The number of carbonyl (C=O) groups excluding carboxylic acids is 3. The Hall–Kier alpha value is -3.15. The second-order valence-electron chi connectivity index (χ2n) is 7.21. The molecule has 0 unspecified atom stereocenters. The zero-order chi connectivity index (χ0) is 20.8. The van der Waals surface area contributed by atoms with Crippen LogP contribution in [0.2, 0.25) is 0 Å². The van der Waals surface area contributed by atoms with Crippen molar-refractivity contribution in [2.24, 2.45) is 0 Å². The number of fused-ring (bicyclic) bond motifs is 1. The van der Waals surface area contributed by atoms with Crippen molar-refractivity contribution in [1.29, 1.82) is 0 Å². The Morgan fingerprint density at radius 1 is 1.21 bits per heavy atom. The number of esters is 2. The molecule has 0 aromatic heterocycles. The zero-order valence-corrected chi connectivity index (χ0v) is 16.6. The maximum atomic E-state index is 12.4. The van der Waals surface area contributed by atoms with Gasteiger partial charge in [0.05, 0.1) is 11.1 Å². The molecule has 0 radical (unpaired) electrons. The van der Waals surface area contributed by atoms with Gasteiger partial charge in [-0.25, -0.2) is 9.59 Å². The van der Waals surface area contributed by atoms with Crippen molar-refractivity contribution in [3.8, 4) is 0 Å². The molecular weight excluding hydrogens is 370 g/mol. The molecule has 29 heavy (non-hydrogen) atoms. The lowest BCUT2D eigenvalue weighted by molar-refractivity contribution is -0.124. The Balaban J connectivity index is 1.66. The average Bonchev–Trinajstić information content (AvgIpc) is 2.72. The number of amides is 1. The van der Waals surface area contributed by atoms with Crippen molar-refractivity contribution in [3.05, 3.63) is 70.8 Å². The first kappa shape index (κ1) is 20.6. The summed E-state index contributed by atoms with van der Waals surface area (Å²) in [6, 6.07) is 14.2. The van der Waals surface area contributed by atoms with E-state index in [1.807, 2.05) is 44.2 Å². The largest absolute Gasteiger partial charge is 0.454 e. The van der Waals surface area contributed by atoms with Crippen molar-refractivity contribution >= 4 is 17.8 Å². The van der Waals surface area contributed by atoms with Crippen molar-refractivity contribution in [1.82, 2.24) is 5.32 Å². The second kappa shape index (κ2) is 9.37. The van der Waals surface area contributed by atoms with E-state index in [1.54, 1.807) is 12.1 Å². The van der Waals surface area contributed by atoms with E-state index >= 15 is 0 Å². The van der Waals surface area contributed by atoms with E-state index in [-0.39, 0.29) is 18.6 Å². The van der Waals surface area contributed by atoms with Crippen LogP contribution in [0.15, 0.2) is 48.5 Å². The first-order valence-corrected chi connectivity index (χ1v) is 9.83. The molecule has 6 heteroatoms. The van der Waals surface area contributed by atoms with Crippen LogP contribution in [-0.4, -0.2) is 30.5 Å². The fourth-order valence-corrected chi connectivity index (χ4v) is 3.41. The Bertz CT molecular complexity index is 893. The highest BCUT2D eigenvalue weighted by Crippen LogP contribution is 2.31. The third kappa shape index (κ3) is 5.22. The van der Waals surface area contributed by atoms with Gasteiger partial charge in [0, 0.05) is 12.5 Å². The first-order valence-electron chi connectivity index (χ1n) is 9.83. The number of carbonyl (C=O) groups is 3. The van der Waals surface area contributed by atoms with Crippen LogP contribution >= 0.6 is 0 Å². The lowest BCUT2D eigenvalue weighted by atomic mass is 9.93. The van der Waals surface area contributed by atoms with Crippen LogP contribution in [0.25, 0.3) is 0 Å². The Morgan fingerprint density at radius 2 is 1.97 bits per heavy atom. The predicted octanol–water partition coefficient (Wildman–Crippen LogP) is 3.60. The quantitative estimate of drug-likeness (QED) is 0.725. The molecule has 0 spiro atoms. The van der Waals surface area contributed by atoms with Gasteiger partial charge in [0.15, 0.2) is 6.61 Å². The summed E-state index contributed by atoms with van der Waals surface area (Å²) >= 11 is 0. The van der Waals surface area contributed by atoms with E-state index < -0.39 is 18.0 Å². The molecular formula is C23H25NO5. The maximum Gasteiger partial charge on any atom is 0.339 e. The number of hydrogen-bond acceptors (Lipinski definition) is 5. The highest BCUT2D eigenvalue weighted by molar-refractivity contribution is 5.96. The Kier molecular flexibility index (Phi) is 6.65. The minimum Gasteiger partial charge on any atom is -0.454 e. The lowest BCUT2D eigenvalue weighted by Gasteiger charge is -2.25. The number of nitrogens with one attached hydrogen (secondary N) is 1. The Morgan fingerprint density at radius 3 is 2.69 bits per heavy atom. The van der Waals surface area contributed by atoms with Crippen molar-refractivity contribution in [2.45, 2.75) is 45.3 Å². The number of ether oxygens (including phenoxy) is 2. The summed E-state index contributed by atoms with van der Waals surface area (Å²) in [4.78, 5) is 36.6. The van der Waals surface area contributed by atoms with Crippen LogP contribution in [-0.2, 0) is 20.7 Å². The fraction of sp³-hybridized carbons (Fsp3) is 0.348. The van der Waals surface area contributed by atoms with Gasteiger partial charge in [-0.1, -0.05) is 43.7 Å². The summed E-state index contributed by atoms with van der Waals surface area (Å²) in [5.41, 5.74) is 2.38. The third-order valence-electron chi connectivity index (χ3n) is 4.85. The molecule has 0 saturated heterocycles. The molecule has 0 aliphatic carbocycles. The number of benzene rings is 2. The summed E-state index contributed by atoms with van der Waals surface area (Å²) in [6.45, 7) is 3.62. The third-order valence-corrected chi connectivity index (χ3v) is 4.85. The molecule has 1 heterocycles. The van der Waals surface area contributed by atoms with Gasteiger partial charge in [0.2, 0.25) is 0 Å². The summed E-state index contributed by atoms with van der Waals surface area (Å²) in [7, 11) is 0. The van der Waals surface area contributed by atoms with Gasteiger partial charge in [-0.15, -0.1) is 0 Å². The second-order valence-corrected chi connectivity index (χ2v) is 7.21. The number of hydrogen-bond donors (Lipinski definition) is 1. The van der Waals surface area contributed by atoms with E-state index in [0.717, 1.165) is 24.0 Å². The van der Waals surface area contributed by atoms with Crippen LogP contribution in [0, 0.1) is 0 Å². The molecule has 2 atom stereocenters. The van der Waals surface area contributed by atoms with Gasteiger partial charge in [0.1, 0.15) is 6.10 Å². The summed E-state index contributed by atoms with van der Waals surface area (Å²) < 4.78 is 10.7. The van der Waals surface area contributed by atoms with Crippen molar-refractivity contribution < 1.29 is 23.9 Å². The zero-order valence-electron chi connectivity index (χ0n) is 16.6. The number of cyclic esters (lactones) is 1. The highest BCUT2D eigenvalue weighted by atomic mass is 16.5. The summed E-state index contributed by atoms with van der Waals surface area (Å²) in [6.07, 6.45) is 1.90. The van der Waals surface area contributed by atoms with Gasteiger partial charge in [-0.05, 0) is 42.7 Å². The minimum absolute atomic E-state index is 0.0379. The molecule has 0 saturated carbocycles. The molecule has 1 amide bonds.